The summed E-state index contributed by atoms with van der Waals surface area (Å²) in [6.45, 7) is 0. The van der Waals surface area contributed by atoms with E-state index in [-0.39, 0.29) is 0 Å². The number of carboxylic acids is 1. The Morgan fingerprint density at radius 1 is 1.80 bits per heavy atom. The van der Waals surface area contributed by atoms with Gasteiger partial charge in [-0.3, -0.25) is 4.79 Å². The topological polar surface area (TPSA) is 53.1 Å². The molecule has 2 N–H and O–H groups in total. The number of nitrogens with one attached hydrogen (secondary N) is 1. The SMILES string of the molecule is O=C(O)C(Br)c1cc[nH]c1. The Kier molecular flexibility index (Phi) is 2.11. The summed E-state index contributed by atoms with van der Waals surface area (Å²) in [5.41, 5.74) is 0.729. The minimum Gasteiger partial charge on any atom is -0.480 e. The number of alkyl halides is 1. The Bertz CT molecular complexity index is 220. The number of halogens is 1. The molecule has 0 bridgehead atoms. The molecule has 0 aliphatic rings. The first kappa shape index (κ1) is 7.34. The van der Waals surface area contributed by atoms with Gasteiger partial charge in [-0.05, 0) is 11.6 Å². The lowest BCUT2D eigenvalue weighted by Gasteiger charge is -1.98. The van der Waals surface area contributed by atoms with Gasteiger partial charge in [0.15, 0.2) is 0 Å². The molecule has 1 rings (SSSR count). The monoisotopic (exact) mass is 203 g/mol. The zero-order valence-corrected chi connectivity index (χ0v) is 6.63. The zero-order chi connectivity index (χ0) is 7.56. The predicted octanol–water partition coefficient (Wildman–Crippen LogP) is 1.54. The lowest BCUT2D eigenvalue weighted by Crippen LogP contribution is -2.02. The van der Waals surface area contributed by atoms with Crippen LogP contribution >= 0.6 is 15.9 Å². The number of hydrogen-bond acceptors (Lipinski definition) is 1. The lowest BCUT2D eigenvalue weighted by atomic mass is 10.2. The third-order valence-electron chi connectivity index (χ3n) is 1.13. The van der Waals surface area contributed by atoms with E-state index in [2.05, 4.69) is 20.9 Å². The van der Waals surface area contributed by atoms with E-state index < -0.39 is 10.8 Å². The van der Waals surface area contributed by atoms with E-state index in [1.54, 1.807) is 18.5 Å². The van der Waals surface area contributed by atoms with Gasteiger partial charge in [-0.15, -0.1) is 0 Å². The van der Waals surface area contributed by atoms with Gasteiger partial charge in [0.1, 0.15) is 4.83 Å². The van der Waals surface area contributed by atoms with E-state index in [0.29, 0.717) is 0 Å². The molecule has 0 saturated heterocycles. The summed E-state index contributed by atoms with van der Waals surface area (Å²) >= 11 is 3.01. The summed E-state index contributed by atoms with van der Waals surface area (Å²) in [6, 6.07) is 1.72. The fourth-order valence-electron chi connectivity index (χ4n) is 0.637. The number of rotatable bonds is 2. The van der Waals surface area contributed by atoms with Crippen LogP contribution in [0.25, 0.3) is 0 Å². The van der Waals surface area contributed by atoms with Crippen LogP contribution in [0.3, 0.4) is 0 Å². The van der Waals surface area contributed by atoms with E-state index in [0.717, 1.165) is 5.56 Å². The smallest absolute Gasteiger partial charge is 0.321 e. The highest BCUT2D eigenvalue weighted by Gasteiger charge is 2.14. The van der Waals surface area contributed by atoms with Gasteiger partial charge < -0.3 is 10.1 Å². The van der Waals surface area contributed by atoms with Crippen molar-refractivity contribution < 1.29 is 9.90 Å². The molecule has 1 heterocycles. The van der Waals surface area contributed by atoms with Crippen molar-refractivity contribution in [2.75, 3.05) is 0 Å². The second-order valence-corrected chi connectivity index (χ2v) is 2.76. The van der Waals surface area contributed by atoms with Crippen molar-refractivity contribution in [2.45, 2.75) is 4.83 Å². The number of hydrogen-bond donors (Lipinski definition) is 2. The first-order valence-electron chi connectivity index (χ1n) is 2.71. The summed E-state index contributed by atoms with van der Waals surface area (Å²) in [7, 11) is 0. The molecule has 4 heteroatoms. The molecule has 10 heavy (non-hydrogen) atoms. The van der Waals surface area contributed by atoms with E-state index in [1.807, 2.05) is 0 Å². The number of carboxylic acid groups (broad SMARTS) is 1. The maximum absolute atomic E-state index is 10.3. The van der Waals surface area contributed by atoms with Crippen LogP contribution in [0.4, 0.5) is 0 Å². The first-order chi connectivity index (χ1) is 4.72. The number of aromatic amines is 1. The maximum Gasteiger partial charge on any atom is 0.321 e. The average Bonchev–Trinajstić information content (AvgIpc) is 2.36. The molecule has 0 radical (unpaired) electrons. The highest BCUT2D eigenvalue weighted by atomic mass is 79.9. The van der Waals surface area contributed by atoms with Gasteiger partial charge in [-0.25, -0.2) is 0 Å². The molecule has 0 saturated carbocycles. The van der Waals surface area contributed by atoms with E-state index >= 15 is 0 Å². The molecule has 1 atom stereocenters. The quantitative estimate of drug-likeness (QED) is 0.717. The summed E-state index contributed by atoms with van der Waals surface area (Å²) in [5, 5.41) is 8.49. The van der Waals surface area contributed by atoms with Crippen molar-refractivity contribution in [3.8, 4) is 0 Å². The standard InChI is InChI=1S/C6H6BrNO2/c7-5(6(9)10)4-1-2-8-3-4/h1-3,5,8H,(H,9,10). The maximum atomic E-state index is 10.3. The fraction of sp³-hybridized carbons (Fsp3) is 0.167. The van der Waals surface area contributed by atoms with Crippen LogP contribution in [0, 0.1) is 0 Å². The first-order valence-corrected chi connectivity index (χ1v) is 3.63. The number of aromatic nitrogens is 1. The molecule has 1 unspecified atom stereocenters. The molecule has 0 aliphatic heterocycles. The van der Waals surface area contributed by atoms with Crippen LogP contribution in [0.1, 0.15) is 10.4 Å². The van der Waals surface area contributed by atoms with Gasteiger partial charge in [0.25, 0.3) is 0 Å². The van der Waals surface area contributed by atoms with Gasteiger partial charge in [0, 0.05) is 12.4 Å². The normalized spacial score (nSPS) is 12.9. The molecule has 3 nitrogen and oxygen atoms in total. The summed E-state index contributed by atoms with van der Waals surface area (Å²) in [4.78, 5) is 12.5. The Labute approximate surface area is 66.2 Å². The van der Waals surface area contributed by atoms with Crippen molar-refractivity contribution in [3.05, 3.63) is 24.0 Å². The highest BCUT2D eigenvalue weighted by molar-refractivity contribution is 9.09. The third kappa shape index (κ3) is 1.39. The van der Waals surface area contributed by atoms with Crippen molar-refractivity contribution in [1.29, 1.82) is 0 Å². The van der Waals surface area contributed by atoms with Gasteiger partial charge >= 0.3 is 5.97 Å². The predicted molar refractivity (Wildman–Crippen MR) is 40.1 cm³/mol. The number of aliphatic carboxylic acids is 1. The van der Waals surface area contributed by atoms with Crippen LogP contribution in [-0.4, -0.2) is 16.1 Å². The van der Waals surface area contributed by atoms with Crippen molar-refractivity contribution in [1.82, 2.24) is 4.98 Å². The molecule has 0 aromatic carbocycles. The average molecular weight is 204 g/mol. The van der Waals surface area contributed by atoms with Crippen LogP contribution in [0.15, 0.2) is 18.5 Å². The zero-order valence-electron chi connectivity index (χ0n) is 5.04. The molecule has 54 valence electrons. The summed E-state index contributed by atoms with van der Waals surface area (Å²) in [5.74, 6) is -0.875. The van der Waals surface area contributed by atoms with Crippen LogP contribution in [0.2, 0.25) is 0 Å². The molecule has 1 aromatic heterocycles. The van der Waals surface area contributed by atoms with Gasteiger partial charge in [0.05, 0.1) is 0 Å². The van der Waals surface area contributed by atoms with E-state index in [4.69, 9.17) is 5.11 Å². The molecule has 1 aromatic rings. The number of H-pyrrole nitrogens is 1. The molecular formula is C6H6BrNO2. The van der Waals surface area contributed by atoms with Crippen molar-refractivity contribution >= 4 is 21.9 Å². The van der Waals surface area contributed by atoms with Crippen LogP contribution < -0.4 is 0 Å². The number of carbonyl (C=O) groups is 1. The second-order valence-electron chi connectivity index (χ2n) is 1.85. The van der Waals surface area contributed by atoms with Gasteiger partial charge in [-0.2, -0.15) is 0 Å². The van der Waals surface area contributed by atoms with Crippen molar-refractivity contribution in [2.24, 2.45) is 0 Å². The van der Waals surface area contributed by atoms with Gasteiger partial charge in [-0.1, -0.05) is 15.9 Å². The van der Waals surface area contributed by atoms with Crippen molar-refractivity contribution in [3.63, 3.8) is 0 Å². The molecule has 0 amide bonds. The lowest BCUT2D eigenvalue weighted by molar-refractivity contribution is -0.136. The minimum atomic E-state index is -0.875. The largest absolute Gasteiger partial charge is 0.480 e. The Morgan fingerprint density at radius 3 is 2.90 bits per heavy atom. The second kappa shape index (κ2) is 2.88. The molecular weight excluding hydrogens is 198 g/mol. The Balaban J connectivity index is 2.77. The Hall–Kier alpha value is -0.770. The fourth-order valence-corrected chi connectivity index (χ4v) is 0.922. The highest BCUT2D eigenvalue weighted by Crippen LogP contribution is 2.21. The minimum absolute atomic E-state index is 0.598. The Morgan fingerprint density at radius 2 is 2.50 bits per heavy atom. The molecule has 0 fully saturated rings. The molecule has 0 spiro atoms. The van der Waals surface area contributed by atoms with E-state index in [9.17, 15) is 4.79 Å². The van der Waals surface area contributed by atoms with Crippen LogP contribution in [0.5, 0.6) is 0 Å². The summed E-state index contributed by atoms with van der Waals surface area (Å²) < 4.78 is 0. The van der Waals surface area contributed by atoms with E-state index in [1.165, 1.54) is 0 Å². The summed E-state index contributed by atoms with van der Waals surface area (Å²) in [6.07, 6.45) is 3.33. The molecule has 0 aliphatic carbocycles. The third-order valence-corrected chi connectivity index (χ3v) is 2.05. The van der Waals surface area contributed by atoms with Crippen LogP contribution in [-0.2, 0) is 4.79 Å². The van der Waals surface area contributed by atoms with Gasteiger partial charge in [0.2, 0.25) is 0 Å².